The van der Waals surface area contributed by atoms with Gasteiger partial charge < -0.3 is 5.73 Å². The van der Waals surface area contributed by atoms with Gasteiger partial charge in [-0.05, 0) is 26.0 Å². The summed E-state index contributed by atoms with van der Waals surface area (Å²) in [6.07, 6.45) is 1.65. The van der Waals surface area contributed by atoms with E-state index < -0.39 is 15.4 Å². The molecular weight excluding hydrogens is 280 g/mol. The topological polar surface area (TPSA) is 73.0 Å². The Bertz CT molecular complexity index is 655. The lowest BCUT2D eigenvalue weighted by Crippen LogP contribution is -2.27. The predicted molar refractivity (Wildman–Crippen MR) is 76.7 cm³/mol. The maximum atomic E-state index is 12.2. The van der Waals surface area contributed by atoms with Gasteiger partial charge in [-0.15, -0.1) is 11.3 Å². The summed E-state index contributed by atoms with van der Waals surface area (Å²) in [6.45, 7) is 3.74. The number of sulfone groups is 1. The summed E-state index contributed by atoms with van der Waals surface area (Å²) in [5.41, 5.74) is 5.47. The van der Waals surface area contributed by atoms with Gasteiger partial charge in [0.15, 0.2) is 9.84 Å². The Morgan fingerprint density at radius 1 is 1.26 bits per heavy atom. The molecule has 0 saturated carbocycles. The van der Waals surface area contributed by atoms with Crippen molar-refractivity contribution in [3.8, 4) is 0 Å². The van der Waals surface area contributed by atoms with Crippen LogP contribution in [-0.2, 0) is 21.1 Å². The van der Waals surface area contributed by atoms with E-state index in [2.05, 4.69) is 4.98 Å². The molecule has 0 saturated heterocycles. The van der Waals surface area contributed by atoms with Crippen molar-refractivity contribution >= 4 is 21.2 Å². The van der Waals surface area contributed by atoms with Crippen LogP contribution in [0.5, 0.6) is 0 Å². The number of rotatable bonds is 4. The van der Waals surface area contributed by atoms with Crippen LogP contribution in [0.1, 0.15) is 23.7 Å². The Morgan fingerprint density at radius 2 is 1.89 bits per heavy atom. The molecule has 0 amide bonds. The van der Waals surface area contributed by atoms with E-state index >= 15 is 0 Å². The summed E-state index contributed by atoms with van der Waals surface area (Å²) >= 11 is 1.35. The maximum absolute atomic E-state index is 12.2. The lowest BCUT2D eigenvalue weighted by Gasteiger charge is -2.14. The first kappa shape index (κ1) is 14.2. The van der Waals surface area contributed by atoms with E-state index in [0.717, 1.165) is 4.88 Å². The molecule has 1 aromatic carbocycles. The molecule has 0 aliphatic heterocycles. The van der Waals surface area contributed by atoms with Crippen LogP contribution < -0.4 is 5.73 Å². The largest absolute Gasteiger partial charge is 0.321 e. The summed E-state index contributed by atoms with van der Waals surface area (Å²) < 4.78 is 24.4. The number of nitrogens with zero attached hydrogens (tertiary/aromatic N) is 1. The molecule has 0 aliphatic rings. The molecule has 0 unspecified atom stereocenters. The second-order valence-electron chi connectivity index (χ2n) is 4.91. The van der Waals surface area contributed by atoms with Gasteiger partial charge in [0, 0.05) is 16.6 Å². The van der Waals surface area contributed by atoms with Crippen molar-refractivity contribution in [2.75, 3.05) is 0 Å². The van der Waals surface area contributed by atoms with Crippen molar-refractivity contribution in [3.63, 3.8) is 0 Å². The number of nitrogens with two attached hydrogens (primary N) is 1. The molecule has 0 spiro atoms. The van der Waals surface area contributed by atoms with Crippen molar-refractivity contribution in [1.29, 1.82) is 0 Å². The van der Waals surface area contributed by atoms with E-state index in [0.29, 0.717) is 9.90 Å². The van der Waals surface area contributed by atoms with Crippen molar-refractivity contribution in [1.82, 2.24) is 4.98 Å². The minimum atomic E-state index is -3.34. The van der Waals surface area contributed by atoms with Gasteiger partial charge in [-0.2, -0.15) is 0 Å². The molecule has 6 heteroatoms. The van der Waals surface area contributed by atoms with Crippen molar-refractivity contribution in [2.45, 2.75) is 30.0 Å². The Kier molecular flexibility index (Phi) is 3.75. The van der Waals surface area contributed by atoms with Crippen LogP contribution in [0.15, 0.2) is 41.4 Å². The normalized spacial score (nSPS) is 12.6. The average molecular weight is 296 g/mol. The zero-order valence-corrected chi connectivity index (χ0v) is 12.5. The molecule has 2 rings (SSSR count). The molecule has 0 atom stereocenters. The third-order valence-electron chi connectivity index (χ3n) is 2.60. The Hall–Kier alpha value is -1.24. The highest BCUT2D eigenvalue weighted by atomic mass is 32.2. The molecular formula is C13H16N2O2S2. The third-order valence-corrected chi connectivity index (χ3v) is 5.77. The molecule has 0 radical (unpaired) electrons. The predicted octanol–water partition coefficient (Wildman–Crippen LogP) is 2.31. The van der Waals surface area contributed by atoms with Gasteiger partial charge in [-0.3, -0.25) is 0 Å². The van der Waals surface area contributed by atoms with Gasteiger partial charge in [0.05, 0.1) is 4.90 Å². The van der Waals surface area contributed by atoms with Crippen molar-refractivity contribution < 1.29 is 8.42 Å². The van der Waals surface area contributed by atoms with Crippen LogP contribution in [0.4, 0.5) is 0 Å². The first-order valence-electron chi connectivity index (χ1n) is 5.81. The number of thiazole rings is 1. The van der Waals surface area contributed by atoms with Crippen LogP contribution >= 0.6 is 11.3 Å². The van der Waals surface area contributed by atoms with E-state index in [1.165, 1.54) is 11.3 Å². The molecule has 1 aromatic heterocycles. The lowest BCUT2D eigenvalue weighted by molar-refractivity contribution is 0.566. The minimum absolute atomic E-state index is 0.0856. The van der Waals surface area contributed by atoms with E-state index in [-0.39, 0.29) is 5.75 Å². The zero-order valence-electron chi connectivity index (χ0n) is 10.8. The zero-order chi connectivity index (χ0) is 14.1. The fraction of sp³-hybridized carbons (Fsp3) is 0.308. The summed E-state index contributed by atoms with van der Waals surface area (Å²) in [6, 6.07) is 8.40. The van der Waals surface area contributed by atoms with E-state index in [9.17, 15) is 8.42 Å². The summed E-state index contributed by atoms with van der Waals surface area (Å²) in [4.78, 5) is 5.35. The second kappa shape index (κ2) is 5.03. The summed E-state index contributed by atoms with van der Waals surface area (Å²) in [5, 5.41) is 0.567. The molecule has 2 aromatic rings. The Balaban J connectivity index is 2.25. The highest BCUT2D eigenvalue weighted by Crippen LogP contribution is 2.26. The lowest BCUT2D eigenvalue weighted by atomic mass is 10.1. The van der Waals surface area contributed by atoms with Gasteiger partial charge in [-0.1, -0.05) is 18.2 Å². The minimum Gasteiger partial charge on any atom is -0.321 e. The SMILES string of the molecule is CC(C)(N)c1cnc(CS(=O)(=O)c2ccccc2)s1. The summed E-state index contributed by atoms with van der Waals surface area (Å²) in [7, 11) is -3.34. The smallest absolute Gasteiger partial charge is 0.184 e. The van der Waals surface area contributed by atoms with Gasteiger partial charge in [0.2, 0.25) is 0 Å². The van der Waals surface area contributed by atoms with Gasteiger partial charge in [0.25, 0.3) is 0 Å². The first-order chi connectivity index (χ1) is 8.79. The van der Waals surface area contributed by atoms with Crippen molar-refractivity contribution in [2.24, 2.45) is 5.73 Å². The number of aromatic nitrogens is 1. The van der Waals surface area contributed by atoms with E-state index in [4.69, 9.17) is 5.73 Å². The average Bonchev–Trinajstić information content (AvgIpc) is 2.78. The highest BCUT2D eigenvalue weighted by Gasteiger charge is 2.21. The van der Waals surface area contributed by atoms with Crippen LogP contribution in [0, 0.1) is 0 Å². The van der Waals surface area contributed by atoms with Gasteiger partial charge in [0.1, 0.15) is 10.8 Å². The maximum Gasteiger partial charge on any atom is 0.184 e. The van der Waals surface area contributed by atoms with Gasteiger partial charge in [-0.25, -0.2) is 13.4 Å². The highest BCUT2D eigenvalue weighted by molar-refractivity contribution is 7.90. The molecule has 0 bridgehead atoms. The Labute approximate surface area is 117 Å². The standard InChI is InChI=1S/C13H16N2O2S2/c1-13(2,14)11-8-15-12(18-11)9-19(16,17)10-6-4-3-5-7-10/h3-8H,9,14H2,1-2H3. The molecule has 19 heavy (non-hydrogen) atoms. The molecule has 0 aliphatic carbocycles. The van der Waals surface area contributed by atoms with Crippen LogP contribution in [-0.4, -0.2) is 13.4 Å². The quantitative estimate of drug-likeness (QED) is 0.939. The van der Waals surface area contributed by atoms with E-state index in [1.807, 2.05) is 13.8 Å². The third kappa shape index (κ3) is 3.40. The molecule has 1 heterocycles. The van der Waals surface area contributed by atoms with Crippen LogP contribution in [0.3, 0.4) is 0 Å². The van der Waals surface area contributed by atoms with E-state index in [1.54, 1.807) is 36.5 Å². The second-order valence-corrected chi connectivity index (χ2v) is 8.02. The fourth-order valence-electron chi connectivity index (χ4n) is 1.55. The first-order valence-corrected chi connectivity index (χ1v) is 8.28. The van der Waals surface area contributed by atoms with Crippen LogP contribution in [0.25, 0.3) is 0 Å². The number of hydrogen-bond acceptors (Lipinski definition) is 5. The van der Waals surface area contributed by atoms with Gasteiger partial charge >= 0.3 is 0 Å². The monoisotopic (exact) mass is 296 g/mol. The number of benzene rings is 1. The summed E-state index contributed by atoms with van der Waals surface area (Å²) in [5.74, 6) is -0.0856. The molecule has 102 valence electrons. The Morgan fingerprint density at radius 3 is 2.42 bits per heavy atom. The van der Waals surface area contributed by atoms with Crippen LogP contribution in [0.2, 0.25) is 0 Å². The molecule has 0 fully saturated rings. The fourth-order valence-corrected chi connectivity index (χ4v) is 4.12. The van der Waals surface area contributed by atoms with Crippen molar-refractivity contribution in [3.05, 3.63) is 46.4 Å². The number of hydrogen-bond donors (Lipinski definition) is 1. The molecule has 2 N–H and O–H groups in total. The molecule has 4 nitrogen and oxygen atoms in total.